The summed E-state index contributed by atoms with van der Waals surface area (Å²) in [6.45, 7) is 4.46. The van der Waals surface area contributed by atoms with E-state index in [9.17, 15) is 4.79 Å². The number of ether oxygens (including phenoxy) is 3. The zero-order chi connectivity index (χ0) is 28.4. The number of pyridine rings is 1. The third-order valence-electron chi connectivity index (χ3n) is 8.67. The Labute approximate surface area is 234 Å². The van der Waals surface area contributed by atoms with Crippen molar-refractivity contribution in [1.29, 1.82) is 0 Å². The van der Waals surface area contributed by atoms with Crippen molar-refractivity contribution in [3.63, 3.8) is 0 Å². The van der Waals surface area contributed by atoms with E-state index < -0.39 is 11.6 Å². The number of halogens is 2. The van der Waals surface area contributed by atoms with E-state index in [2.05, 4.69) is 18.8 Å². The van der Waals surface area contributed by atoms with Crippen molar-refractivity contribution in [1.82, 2.24) is 4.98 Å². The van der Waals surface area contributed by atoms with Gasteiger partial charge in [0.1, 0.15) is 24.0 Å². The van der Waals surface area contributed by atoms with Gasteiger partial charge in [-0.2, -0.15) is 0 Å². The minimum atomic E-state index is -0.518. The molecule has 2 atom stereocenters. The molecule has 0 unspecified atom stereocenters. The molecule has 0 aliphatic heterocycles. The fourth-order valence-electron chi connectivity index (χ4n) is 6.22. The lowest BCUT2D eigenvalue weighted by Crippen LogP contribution is -2.17. The first kappa shape index (κ1) is 28.1. The highest BCUT2D eigenvalue weighted by atomic mass is 19.1. The van der Waals surface area contributed by atoms with Crippen molar-refractivity contribution in [2.75, 3.05) is 14.2 Å². The van der Waals surface area contributed by atoms with Crippen LogP contribution in [0.2, 0.25) is 0 Å². The zero-order valence-corrected chi connectivity index (χ0v) is 23.6. The predicted octanol–water partition coefficient (Wildman–Crippen LogP) is 7.96. The number of esters is 1. The molecule has 3 aromatic rings. The molecule has 1 heterocycles. The summed E-state index contributed by atoms with van der Waals surface area (Å²) in [5, 5.41) is 0. The molecule has 2 aromatic carbocycles. The lowest BCUT2D eigenvalue weighted by molar-refractivity contribution is -0.141. The van der Waals surface area contributed by atoms with E-state index in [1.165, 1.54) is 26.4 Å². The SMILES string of the molecule is COC(=O)C[C@@H](c1cccc(OCc2cc([C@@H]3CCCC3(C)C)c(-c3cc(OC)ncc3F)cc2F)c1)C1CC1. The van der Waals surface area contributed by atoms with Crippen LogP contribution in [-0.4, -0.2) is 25.2 Å². The van der Waals surface area contributed by atoms with Gasteiger partial charge in [-0.25, -0.2) is 13.8 Å². The molecule has 0 saturated heterocycles. The van der Waals surface area contributed by atoms with Gasteiger partial charge in [0.2, 0.25) is 5.88 Å². The molecule has 2 aliphatic carbocycles. The average Bonchev–Trinajstić information content (AvgIpc) is 3.73. The number of nitrogens with zero attached hydrogens (tertiary/aromatic N) is 1. The summed E-state index contributed by atoms with van der Waals surface area (Å²) in [4.78, 5) is 16.0. The predicted molar refractivity (Wildman–Crippen MR) is 149 cm³/mol. The first-order chi connectivity index (χ1) is 19.2. The Morgan fingerprint density at radius 1 is 1.05 bits per heavy atom. The van der Waals surface area contributed by atoms with Crippen molar-refractivity contribution in [3.05, 3.63) is 77.0 Å². The first-order valence-corrected chi connectivity index (χ1v) is 14.0. The molecule has 0 amide bonds. The standard InChI is InChI=1S/C33H37F2NO4/c1-33(2)12-6-9-28(33)26-14-22(29(34)15-25(26)27-16-31(38-3)36-18-30(27)35)19-40-23-8-5-7-21(13-23)24(20-10-11-20)17-32(37)39-4/h5,7-8,13-16,18,20,24,28H,6,9-12,17,19H2,1-4H3/t24-,28+/m1/s1. The molecule has 0 bridgehead atoms. The molecule has 2 fully saturated rings. The minimum absolute atomic E-state index is 0.00983. The van der Waals surface area contributed by atoms with Gasteiger partial charge in [0.25, 0.3) is 0 Å². The summed E-state index contributed by atoms with van der Waals surface area (Å²) in [6.07, 6.45) is 6.68. The Bertz CT molecular complexity index is 1380. The van der Waals surface area contributed by atoms with Gasteiger partial charge in [0, 0.05) is 17.2 Å². The normalized spacial score (nSPS) is 18.8. The molecule has 0 N–H and O–H groups in total. The van der Waals surface area contributed by atoms with Crippen LogP contribution in [0.25, 0.3) is 11.1 Å². The van der Waals surface area contributed by atoms with Gasteiger partial charge in [-0.05, 0) is 89.8 Å². The van der Waals surface area contributed by atoms with E-state index in [0.717, 1.165) is 49.4 Å². The van der Waals surface area contributed by atoms with Crippen molar-refractivity contribution < 1.29 is 27.8 Å². The van der Waals surface area contributed by atoms with Gasteiger partial charge < -0.3 is 14.2 Å². The maximum atomic E-state index is 15.6. The number of hydrogen-bond acceptors (Lipinski definition) is 5. The molecule has 0 spiro atoms. The summed E-state index contributed by atoms with van der Waals surface area (Å²) >= 11 is 0. The number of methoxy groups -OCH3 is 2. The van der Waals surface area contributed by atoms with Crippen LogP contribution < -0.4 is 9.47 Å². The highest BCUT2D eigenvalue weighted by Gasteiger charge is 2.38. The summed E-state index contributed by atoms with van der Waals surface area (Å²) < 4.78 is 46.9. The minimum Gasteiger partial charge on any atom is -0.489 e. The van der Waals surface area contributed by atoms with Gasteiger partial charge >= 0.3 is 5.97 Å². The molecule has 40 heavy (non-hydrogen) atoms. The summed E-state index contributed by atoms with van der Waals surface area (Å²) in [7, 11) is 2.88. The van der Waals surface area contributed by atoms with Crippen molar-refractivity contribution in [2.24, 2.45) is 11.3 Å². The summed E-state index contributed by atoms with van der Waals surface area (Å²) in [5.41, 5.74) is 3.15. The van der Waals surface area contributed by atoms with E-state index in [-0.39, 0.29) is 41.3 Å². The van der Waals surface area contributed by atoms with Crippen LogP contribution in [0, 0.1) is 23.0 Å². The number of aromatic nitrogens is 1. The van der Waals surface area contributed by atoms with Gasteiger partial charge in [0.15, 0.2) is 0 Å². The number of hydrogen-bond donors (Lipinski definition) is 0. The van der Waals surface area contributed by atoms with E-state index in [0.29, 0.717) is 29.2 Å². The van der Waals surface area contributed by atoms with Gasteiger partial charge in [-0.3, -0.25) is 4.79 Å². The smallest absolute Gasteiger partial charge is 0.306 e. The Morgan fingerprint density at radius 3 is 2.52 bits per heavy atom. The van der Waals surface area contributed by atoms with Crippen LogP contribution in [0.4, 0.5) is 8.78 Å². The Balaban J connectivity index is 1.46. The Morgan fingerprint density at radius 2 is 1.85 bits per heavy atom. The fraction of sp³-hybridized carbons (Fsp3) is 0.455. The molecule has 2 aliphatic rings. The van der Waals surface area contributed by atoms with Crippen LogP contribution in [0.5, 0.6) is 11.6 Å². The maximum absolute atomic E-state index is 15.6. The number of benzene rings is 2. The van der Waals surface area contributed by atoms with E-state index in [1.54, 1.807) is 0 Å². The molecular weight excluding hydrogens is 512 g/mol. The Hall–Kier alpha value is -3.48. The second-order valence-electron chi connectivity index (χ2n) is 11.8. The van der Waals surface area contributed by atoms with Gasteiger partial charge in [-0.1, -0.05) is 32.4 Å². The zero-order valence-electron chi connectivity index (χ0n) is 23.6. The monoisotopic (exact) mass is 549 g/mol. The highest BCUT2D eigenvalue weighted by Crippen LogP contribution is 2.52. The molecular formula is C33H37F2NO4. The van der Waals surface area contributed by atoms with Crippen LogP contribution in [-0.2, 0) is 16.1 Å². The molecule has 7 heteroatoms. The largest absolute Gasteiger partial charge is 0.489 e. The Kier molecular flexibility index (Phi) is 8.11. The molecule has 2 saturated carbocycles. The van der Waals surface area contributed by atoms with E-state index in [1.807, 2.05) is 30.3 Å². The van der Waals surface area contributed by atoms with Crippen LogP contribution in [0.1, 0.15) is 80.9 Å². The highest BCUT2D eigenvalue weighted by molar-refractivity contribution is 5.71. The number of rotatable bonds is 10. The summed E-state index contributed by atoms with van der Waals surface area (Å²) in [5.74, 6) is 0.371. The van der Waals surface area contributed by atoms with Crippen molar-refractivity contribution in [2.45, 2.75) is 70.8 Å². The second-order valence-corrected chi connectivity index (χ2v) is 11.8. The fourth-order valence-corrected chi connectivity index (χ4v) is 6.22. The van der Waals surface area contributed by atoms with Gasteiger partial charge in [0.05, 0.1) is 26.8 Å². The maximum Gasteiger partial charge on any atom is 0.306 e. The summed E-state index contributed by atoms with van der Waals surface area (Å²) in [6, 6.07) is 12.5. The second kappa shape index (κ2) is 11.6. The van der Waals surface area contributed by atoms with Crippen LogP contribution >= 0.6 is 0 Å². The van der Waals surface area contributed by atoms with Gasteiger partial charge in [-0.15, -0.1) is 0 Å². The van der Waals surface area contributed by atoms with Crippen molar-refractivity contribution >= 4 is 5.97 Å². The lowest BCUT2D eigenvalue weighted by Gasteiger charge is -2.30. The van der Waals surface area contributed by atoms with Crippen LogP contribution in [0.15, 0.2) is 48.7 Å². The quantitative estimate of drug-likeness (QED) is 0.240. The molecule has 5 nitrogen and oxygen atoms in total. The molecule has 1 aromatic heterocycles. The third-order valence-corrected chi connectivity index (χ3v) is 8.67. The molecule has 212 valence electrons. The molecule has 0 radical (unpaired) electrons. The first-order valence-electron chi connectivity index (χ1n) is 14.0. The van der Waals surface area contributed by atoms with E-state index >= 15 is 8.78 Å². The topological polar surface area (TPSA) is 57.7 Å². The number of carbonyl (C=O) groups is 1. The molecule has 5 rings (SSSR count). The number of carbonyl (C=O) groups excluding carboxylic acids is 1. The van der Waals surface area contributed by atoms with Crippen molar-refractivity contribution in [3.8, 4) is 22.8 Å². The third kappa shape index (κ3) is 5.98. The van der Waals surface area contributed by atoms with Crippen LogP contribution in [0.3, 0.4) is 0 Å². The average molecular weight is 550 g/mol. The van der Waals surface area contributed by atoms with E-state index in [4.69, 9.17) is 14.2 Å². The lowest BCUT2D eigenvalue weighted by atomic mass is 9.75.